The van der Waals surface area contributed by atoms with Crippen LogP contribution in [0.15, 0.2) is 12.3 Å². The molecule has 2 rings (SSSR count). The number of carbonyl (C=O) groups excluding carboxylic acids is 1. The number of aldehydes is 1. The Hall–Kier alpha value is -0.690. The Morgan fingerprint density at radius 2 is 2.50 bits per heavy atom. The van der Waals surface area contributed by atoms with Crippen LogP contribution in [0.3, 0.4) is 0 Å². The molecular formula is C11H13IN2O2. The molecule has 0 radical (unpaired) electrons. The molecule has 5 heteroatoms. The summed E-state index contributed by atoms with van der Waals surface area (Å²) in [4.78, 5) is 14.6. The minimum atomic E-state index is 0.305. The van der Waals surface area contributed by atoms with Gasteiger partial charge in [0, 0.05) is 6.61 Å². The lowest BCUT2D eigenvalue weighted by molar-refractivity contribution is -0.104. The third-order valence-electron chi connectivity index (χ3n) is 2.61. The molecule has 1 aliphatic rings. The summed E-state index contributed by atoms with van der Waals surface area (Å²) in [7, 11) is 0. The van der Waals surface area contributed by atoms with Crippen molar-refractivity contribution in [3.8, 4) is 0 Å². The molecule has 1 aromatic heterocycles. The van der Waals surface area contributed by atoms with Crippen LogP contribution in [0.1, 0.15) is 17.9 Å². The van der Waals surface area contributed by atoms with Crippen molar-refractivity contribution in [1.82, 2.24) is 9.55 Å². The lowest BCUT2D eigenvalue weighted by Gasteiger charge is -2.27. The van der Waals surface area contributed by atoms with Crippen LogP contribution in [-0.4, -0.2) is 28.5 Å². The number of nitrogens with zero attached hydrogens (tertiary/aromatic N) is 2. The maximum Gasteiger partial charge on any atom is 0.142 e. The van der Waals surface area contributed by atoms with E-state index in [1.54, 1.807) is 12.3 Å². The highest BCUT2D eigenvalue weighted by Gasteiger charge is 2.20. The highest BCUT2D eigenvalue weighted by Crippen LogP contribution is 2.18. The lowest BCUT2D eigenvalue weighted by Crippen LogP contribution is -2.32. The van der Waals surface area contributed by atoms with E-state index in [9.17, 15) is 4.79 Å². The van der Waals surface area contributed by atoms with Gasteiger partial charge in [-0.1, -0.05) is 22.6 Å². The number of alkyl halides is 1. The van der Waals surface area contributed by atoms with Crippen molar-refractivity contribution in [1.29, 1.82) is 0 Å². The molecule has 16 heavy (non-hydrogen) atoms. The number of hydrogen-bond acceptors (Lipinski definition) is 3. The van der Waals surface area contributed by atoms with E-state index in [1.165, 1.54) is 6.08 Å². The number of allylic oxidation sites excluding steroid dienone is 1. The second-order valence-corrected chi connectivity index (χ2v) is 4.38. The Morgan fingerprint density at radius 1 is 1.69 bits per heavy atom. The third-order valence-corrected chi connectivity index (χ3v) is 3.30. The van der Waals surface area contributed by atoms with Crippen molar-refractivity contribution >= 4 is 35.0 Å². The molecule has 0 aliphatic carbocycles. The molecule has 0 amide bonds. The topological polar surface area (TPSA) is 44.1 Å². The summed E-state index contributed by atoms with van der Waals surface area (Å²) in [5.41, 5.74) is 0.967. The number of aromatic nitrogens is 2. The number of rotatable bonds is 5. The summed E-state index contributed by atoms with van der Waals surface area (Å²) in [5.74, 6) is 1.03. The van der Waals surface area contributed by atoms with Crippen LogP contribution >= 0.6 is 22.6 Å². The Balaban J connectivity index is 2.18. The van der Waals surface area contributed by atoms with E-state index in [-0.39, 0.29) is 0 Å². The molecule has 0 bridgehead atoms. The second kappa shape index (κ2) is 5.58. The SMILES string of the molecule is O=C/C=C/c1cnc(CI)n1C[C@@H]1CCO1. The fraction of sp³-hybridized carbons (Fsp3) is 0.455. The average Bonchev–Trinajstić information content (AvgIpc) is 2.62. The highest BCUT2D eigenvalue weighted by molar-refractivity contribution is 14.1. The molecule has 1 atom stereocenters. The highest BCUT2D eigenvalue weighted by atomic mass is 127. The monoisotopic (exact) mass is 332 g/mol. The van der Waals surface area contributed by atoms with Crippen molar-refractivity contribution < 1.29 is 9.53 Å². The van der Waals surface area contributed by atoms with E-state index in [4.69, 9.17) is 4.74 Å². The molecule has 0 spiro atoms. The van der Waals surface area contributed by atoms with Gasteiger partial charge in [0.15, 0.2) is 0 Å². The van der Waals surface area contributed by atoms with Crippen LogP contribution in [0.4, 0.5) is 0 Å². The van der Waals surface area contributed by atoms with Gasteiger partial charge in [-0.05, 0) is 18.6 Å². The fourth-order valence-electron chi connectivity index (χ4n) is 1.65. The maximum atomic E-state index is 10.3. The molecule has 1 aliphatic heterocycles. The van der Waals surface area contributed by atoms with Crippen LogP contribution in [-0.2, 0) is 20.5 Å². The van der Waals surface area contributed by atoms with Crippen molar-refractivity contribution in [3.05, 3.63) is 23.8 Å². The molecule has 4 nitrogen and oxygen atoms in total. The Morgan fingerprint density at radius 3 is 3.06 bits per heavy atom. The van der Waals surface area contributed by atoms with Gasteiger partial charge in [-0.2, -0.15) is 0 Å². The van der Waals surface area contributed by atoms with Crippen LogP contribution in [0, 0.1) is 0 Å². The summed E-state index contributed by atoms with van der Waals surface area (Å²) in [6.45, 7) is 1.69. The van der Waals surface area contributed by atoms with Gasteiger partial charge in [-0.15, -0.1) is 0 Å². The van der Waals surface area contributed by atoms with E-state index < -0.39 is 0 Å². The van der Waals surface area contributed by atoms with Crippen molar-refractivity contribution in [2.24, 2.45) is 0 Å². The summed E-state index contributed by atoms with van der Waals surface area (Å²) in [6.07, 6.45) is 7.27. The number of hydrogen-bond donors (Lipinski definition) is 0. The summed E-state index contributed by atoms with van der Waals surface area (Å²) in [6, 6.07) is 0. The zero-order valence-corrected chi connectivity index (χ0v) is 11.0. The quantitative estimate of drug-likeness (QED) is 0.358. The van der Waals surface area contributed by atoms with Crippen LogP contribution in [0.25, 0.3) is 6.08 Å². The summed E-state index contributed by atoms with van der Waals surface area (Å²) < 4.78 is 8.40. The molecular weight excluding hydrogens is 319 g/mol. The first-order chi connectivity index (χ1) is 7.85. The largest absolute Gasteiger partial charge is 0.376 e. The van der Waals surface area contributed by atoms with Crippen molar-refractivity contribution in [2.75, 3.05) is 6.61 Å². The molecule has 1 saturated heterocycles. The van der Waals surface area contributed by atoms with E-state index in [1.807, 2.05) is 0 Å². The van der Waals surface area contributed by atoms with Crippen molar-refractivity contribution in [3.63, 3.8) is 0 Å². The predicted octanol–water partition coefficient (Wildman–Crippen LogP) is 1.82. The van der Waals surface area contributed by atoms with Gasteiger partial charge in [0.2, 0.25) is 0 Å². The maximum absolute atomic E-state index is 10.3. The first-order valence-electron chi connectivity index (χ1n) is 5.19. The van der Waals surface area contributed by atoms with Crippen LogP contribution in [0.2, 0.25) is 0 Å². The van der Waals surface area contributed by atoms with Gasteiger partial charge >= 0.3 is 0 Å². The van der Waals surface area contributed by atoms with Gasteiger partial charge in [0.05, 0.1) is 29.0 Å². The van der Waals surface area contributed by atoms with Crippen molar-refractivity contribution in [2.45, 2.75) is 23.5 Å². The minimum Gasteiger partial charge on any atom is -0.376 e. The fourth-order valence-corrected chi connectivity index (χ4v) is 2.26. The average molecular weight is 332 g/mol. The van der Waals surface area contributed by atoms with E-state index in [2.05, 4.69) is 32.1 Å². The third kappa shape index (κ3) is 2.52. The zero-order valence-electron chi connectivity index (χ0n) is 8.80. The van der Waals surface area contributed by atoms with Gasteiger partial charge in [0.1, 0.15) is 12.1 Å². The van der Waals surface area contributed by atoms with E-state index >= 15 is 0 Å². The van der Waals surface area contributed by atoms with Gasteiger partial charge < -0.3 is 9.30 Å². The first kappa shape index (κ1) is 11.8. The number of imidazole rings is 1. The van der Waals surface area contributed by atoms with E-state index in [0.717, 1.165) is 41.8 Å². The Bertz CT molecular complexity index is 397. The number of carbonyl (C=O) groups is 1. The number of halogens is 1. The minimum absolute atomic E-state index is 0.305. The first-order valence-corrected chi connectivity index (χ1v) is 6.71. The Labute approximate surface area is 108 Å². The summed E-state index contributed by atoms with van der Waals surface area (Å²) in [5, 5.41) is 0. The van der Waals surface area contributed by atoms with Gasteiger partial charge in [0.25, 0.3) is 0 Å². The normalized spacial score (nSPS) is 19.9. The summed E-state index contributed by atoms with van der Waals surface area (Å²) >= 11 is 2.29. The second-order valence-electron chi connectivity index (χ2n) is 3.62. The smallest absolute Gasteiger partial charge is 0.142 e. The zero-order chi connectivity index (χ0) is 11.4. The molecule has 86 valence electrons. The molecule has 1 fully saturated rings. The molecule has 0 aromatic carbocycles. The van der Waals surface area contributed by atoms with Crippen LogP contribution < -0.4 is 0 Å². The number of ether oxygens (including phenoxy) is 1. The van der Waals surface area contributed by atoms with Crippen LogP contribution in [0.5, 0.6) is 0 Å². The standard InChI is InChI=1S/C11H13IN2O2/c12-6-11-13-7-9(2-1-4-15)14(11)8-10-3-5-16-10/h1-2,4,7,10H,3,5-6,8H2/b2-1+/t10-/m0/s1. The Kier molecular flexibility index (Phi) is 4.11. The van der Waals surface area contributed by atoms with E-state index in [0.29, 0.717) is 6.10 Å². The van der Waals surface area contributed by atoms with Gasteiger partial charge in [-0.3, -0.25) is 4.79 Å². The molecule has 1 aromatic rings. The molecule has 0 saturated carbocycles. The lowest BCUT2D eigenvalue weighted by atomic mass is 10.2. The molecule has 0 N–H and O–H groups in total. The molecule has 2 heterocycles. The van der Waals surface area contributed by atoms with Gasteiger partial charge in [-0.25, -0.2) is 4.98 Å². The predicted molar refractivity (Wildman–Crippen MR) is 69.4 cm³/mol. The molecule has 0 unspecified atom stereocenters.